The third-order valence-corrected chi connectivity index (χ3v) is 5.15. The lowest BCUT2D eigenvalue weighted by Crippen LogP contribution is -2.24. The number of carbonyl (C=O) groups is 1. The standard InChI is InChI=1S/C22H25N3O2/c1-3-27-12-11-24-20-10-5-4-9-19(20)23-22(24)17-14-21(26)25(15-17)18-8-6-7-16(2)13-18/h4-10,13,17H,3,11-12,14-15H2,1-2H3. The molecule has 2 heterocycles. The van der Waals surface area contributed by atoms with E-state index in [1.807, 2.05) is 42.2 Å². The van der Waals surface area contributed by atoms with Crippen molar-refractivity contribution in [3.8, 4) is 0 Å². The van der Waals surface area contributed by atoms with E-state index in [-0.39, 0.29) is 11.8 Å². The number of hydrogen-bond acceptors (Lipinski definition) is 3. The highest BCUT2D eigenvalue weighted by molar-refractivity contribution is 5.96. The molecule has 1 unspecified atom stereocenters. The summed E-state index contributed by atoms with van der Waals surface area (Å²) in [5, 5.41) is 0. The average Bonchev–Trinajstić information content (AvgIpc) is 3.23. The van der Waals surface area contributed by atoms with Crippen molar-refractivity contribution < 1.29 is 9.53 Å². The third-order valence-electron chi connectivity index (χ3n) is 5.15. The van der Waals surface area contributed by atoms with Gasteiger partial charge in [0.1, 0.15) is 5.82 Å². The molecule has 3 aromatic rings. The molecule has 0 aliphatic carbocycles. The highest BCUT2D eigenvalue weighted by atomic mass is 16.5. The summed E-state index contributed by atoms with van der Waals surface area (Å²) < 4.78 is 7.80. The summed E-state index contributed by atoms with van der Waals surface area (Å²) >= 11 is 0. The van der Waals surface area contributed by atoms with Crippen molar-refractivity contribution in [1.29, 1.82) is 0 Å². The van der Waals surface area contributed by atoms with E-state index in [4.69, 9.17) is 9.72 Å². The van der Waals surface area contributed by atoms with Crippen molar-refractivity contribution >= 4 is 22.6 Å². The Morgan fingerprint density at radius 2 is 2.04 bits per heavy atom. The van der Waals surface area contributed by atoms with E-state index in [1.165, 1.54) is 0 Å². The van der Waals surface area contributed by atoms with E-state index in [0.717, 1.165) is 34.7 Å². The molecule has 0 spiro atoms. The van der Waals surface area contributed by atoms with Crippen LogP contribution < -0.4 is 4.90 Å². The number of hydrogen-bond donors (Lipinski definition) is 0. The van der Waals surface area contributed by atoms with Crippen molar-refractivity contribution in [3.05, 3.63) is 59.9 Å². The van der Waals surface area contributed by atoms with Gasteiger partial charge >= 0.3 is 0 Å². The maximum atomic E-state index is 12.7. The lowest BCUT2D eigenvalue weighted by Gasteiger charge is -2.18. The normalized spacial score (nSPS) is 17.2. The monoisotopic (exact) mass is 363 g/mol. The average molecular weight is 363 g/mol. The number of aryl methyl sites for hydroxylation is 1. The number of ether oxygens (including phenoxy) is 1. The molecular weight excluding hydrogens is 338 g/mol. The topological polar surface area (TPSA) is 47.4 Å². The number of aromatic nitrogens is 2. The van der Waals surface area contributed by atoms with Gasteiger partial charge in [-0.05, 0) is 43.7 Å². The summed E-state index contributed by atoms with van der Waals surface area (Å²) in [5.41, 5.74) is 4.21. The number of carbonyl (C=O) groups excluding carboxylic acids is 1. The molecule has 1 aromatic heterocycles. The summed E-state index contributed by atoms with van der Waals surface area (Å²) in [6.45, 7) is 6.81. The Bertz CT molecular complexity index is 963. The van der Waals surface area contributed by atoms with Crippen molar-refractivity contribution in [1.82, 2.24) is 9.55 Å². The minimum atomic E-state index is 0.0899. The first kappa shape index (κ1) is 17.7. The predicted molar refractivity (Wildman–Crippen MR) is 107 cm³/mol. The Kier molecular flexibility index (Phi) is 4.94. The van der Waals surface area contributed by atoms with E-state index in [1.54, 1.807) is 0 Å². The van der Waals surface area contributed by atoms with Crippen molar-refractivity contribution in [2.75, 3.05) is 24.7 Å². The van der Waals surface area contributed by atoms with Gasteiger partial charge in [0.15, 0.2) is 0 Å². The SMILES string of the molecule is CCOCCn1c(C2CC(=O)N(c3cccc(C)c3)C2)nc2ccccc21. The first-order valence-electron chi connectivity index (χ1n) is 9.57. The maximum Gasteiger partial charge on any atom is 0.227 e. The summed E-state index contributed by atoms with van der Waals surface area (Å²) in [7, 11) is 0. The Balaban J connectivity index is 1.66. The van der Waals surface area contributed by atoms with Crippen molar-refractivity contribution in [2.45, 2.75) is 32.7 Å². The molecule has 1 saturated heterocycles. The predicted octanol–water partition coefficient (Wildman–Crippen LogP) is 3.90. The highest BCUT2D eigenvalue weighted by Crippen LogP contribution is 2.33. The second-order valence-electron chi connectivity index (χ2n) is 7.05. The molecule has 5 nitrogen and oxygen atoms in total. The van der Waals surface area contributed by atoms with E-state index in [0.29, 0.717) is 26.2 Å². The Morgan fingerprint density at radius 3 is 2.85 bits per heavy atom. The molecule has 1 amide bonds. The van der Waals surface area contributed by atoms with Crippen LogP contribution in [0.5, 0.6) is 0 Å². The lowest BCUT2D eigenvalue weighted by atomic mass is 10.1. The van der Waals surface area contributed by atoms with Crippen LogP contribution in [0.4, 0.5) is 5.69 Å². The van der Waals surface area contributed by atoms with Gasteiger partial charge in [0, 0.05) is 37.7 Å². The Hall–Kier alpha value is -2.66. The number of imidazole rings is 1. The van der Waals surface area contributed by atoms with Crippen LogP contribution in [0.15, 0.2) is 48.5 Å². The largest absolute Gasteiger partial charge is 0.380 e. The first-order chi connectivity index (χ1) is 13.2. The molecule has 0 N–H and O–H groups in total. The number of benzene rings is 2. The number of rotatable bonds is 6. The van der Waals surface area contributed by atoms with Gasteiger partial charge in [-0.25, -0.2) is 4.98 Å². The zero-order chi connectivity index (χ0) is 18.8. The second-order valence-corrected chi connectivity index (χ2v) is 7.05. The van der Waals surface area contributed by atoms with Crippen molar-refractivity contribution in [2.24, 2.45) is 0 Å². The molecule has 1 aliphatic rings. The van der Waals surface area contributed by atoms with Gasteiger partial charge < -0.3 is 14.2 Å². The Morgan fingerprint density at radius 1 is 1.19 bits per heavy atom. The van der Waals surface area contributed by atoms with Gasteiger partial charge in [0.05, 0.1) is 17.6 Å². The maximum absolute atomic E-state index is 12.7. The van der Waals surface area contributed by atoms with E-state index in [9.17, 15) is 4.79 Å². The molecule has 4 rings (SSSR count). The summed E-state index contributed by atoms with van der Waals surface area (Å²) in [5.74, 6) is 1.24. The zero-order valence-electron chi connectivity index (χ0n) is 15.9. The molecule has 1 aliphatic heterocycles. The number of amides is 1. The molecular formula is C22H25N3O2. The molecule has 0 bridgehead atoms. The number of nitrogens with zero attached hydrogens (tertiary/aromatic N) is 3. The van der Waals surface area contributed by atoms with E-state index < -0.39 is 0 Å². The van der Waals surface area contributed by atoms with Gasteiger partial charge in [0.25, 0.3) is 0 Å². The molecule has 1 fully saturated rings. The molecule has 140 valence electrons. The molecule has 2 aromatic carbocycles. The highest BCUT2D eigenvalue weighted by Gasteiger charge is 2.34. The lowest BCUT2D eigenvalue weighted by molar-refractivity contribution is -0.117. The summed E-state index contributed by atoms with van der Waals surface area (Å²) in [4.78, 5) is 19.5. The van der Waals surface area contributed by atoms with Crippen LogP contribution in [0.1, 0.15) is 30.7 Å². The van der Waals surface area contributed by atoms with Gasteiger partial charge in [0.2, 0.25) is 5.91 Å². The van der Waals surface area contributed by atoms with Crippen LogP contribution in [0, 0.1) is 6.92 Å². The smallest absolute Gasteiger partial charge is 0.227 e. The van der Waals surface area contributed by atoms with Crippen LogP contribution in [-0.4, -0.2) is 35.2 Å². The molecule has 5 heteroatoms. The minimum Gasteiger partial charge on any atom is -0.380 e. The van der Waals surface area contributed by atoms with Crippen LogP contribution in [0.2, 0.25) is 0 Å². The molecule has 1 atom stereocenters. The van der Waals surface area contributed by atoms with Gasteiger partial charge in [-0.2, -0.15) is 0 Å². The number of anilines is 1. The van der Waals surface area contributed by atoms with Gasteiger partial charge in [-0.15, -0.1) is 0 Å². The number of fused-ring (bicyclic) bond motifs is 1. The first-order valence-corrected chi connectivity index (χ1v) is 9.57. The van der Waals surface area contributed by atoms with Crippen LogP contribution in [-0.2, 0) is 16.1 Å². The summed E-state index contributed by atoms with van der Waals surface area (Å²) in [6, 6.07) is 16.3. The fourth-order valence-electron chi connectivity index (χ4n) is 3.87. The quantitative estimate of drug-likeness (QED) is 0.624. The van der Waals surface area contributed by atoms with E-state index in [2.05, 4.69) is 29.7 Å². The van der Waals surface area contributed by atoms with Gasteiger partial charge in [-0.3, -0.25) is 4.79 Å². The Labute approximate surface area is 159 Å². The van der Waals surface area contributed by atoms with Crippen LogP contribution in [0.3, 0.4) is 0 Å². The minimum absolute atomic E-state index is 0.0899. The molecule has 0 saturated carbocycles. The van der Waals surface area contributed by atoms with Crippen LogP contribution >= 0.6 is 0 Å². The second kappa shape index (κ2) is 7.53. The third kappa shape index (κ3) is 3.47. The van der Waals surface area contributed by atoms with E-state index >= 15 is 0 Å². The number of para-hydroxylation sites is 2. The van der Waals surface area contributed by atoms with Crippen molar-refractivity contribution in [3.63, 3.8) is 0 Å². The zero-order valence-corrected chi connectivity index (χ0v) is 15.9. The summed E-state index contributed by atoms with van der Waals surface area (Å²) in [6.07, 6.45) is 0.492. The molecule has 0 radical (unpaired) electrons. The van der Waals surface area contributed by atoms with Gasteiger partial charge in [-0.1, -0.05) is 24.3 Å². The molecule has 27 heavy (non-hydrogen) atoms. The van der Waals surface area contributed by atoms with Crippen LogP contribution in [0.25, 0.3) is 11.0 Å². The fourth-order valence-corrected chi connectivity index (χ4v) is 3.87. The fraction of sp³-hybridized carbons (Fsp3) is 0.364.